The number of esters is 1. The first-order valence-electron chi connectivity index (χ1n) is 9.95. The number of thiazole rings is 1. The molecular weight excluding hydrogens is 405 g/mol. The molecule has 0 bridgehead atoms. The van der Waals surface area contributed by atoms with Gasteiger partial charge in [0.25, 0.3) is 0 Å². The fraction of sp³-hybridized carbons (Fsp3) is 0.348. The van der Waals surface area contributed by atoms with Crippen LogP contribution in [0.4, 0.5) is 4.39 Å². The van der Waals surface area contributed by atoms with Crippen molar-refractivity contribution in [1.29, 1.82) is 0 Å². The minimum atomic E-state index is -0.548. The summed E-state index contributed by atoms with van der Waals surface area (Å²) in [5.41, 5.74) is 1.00. The summed E-state index contributed by atoms with van der Waals surface area (Å²) >= 11 is 1.61. The summed E-state index contributed by atoms with van der Waals surface area (Å²) in [6, 6.07) is 11.6. The number of methoxy groups -OCH3 is 1. The van der Waals surface area contributed by atoms with Gasteiger partial charge in [0.2, 0.25) is 5.78 Å². The van der Waals surface area contributed by atoms with E-state index in [-0.39, 0.29) is 23.1 Å². The smallest absolute Gasteiger partial charge is 0.310 e. The third-order valence-electron chi connectivity index (χ3n) is 5.50. The average Bonchev–Trinajstić information content (AvgIpc) is 3.21. The minimum absolute atomic E-state index is 0.0116. The van der Waals surface area contributed by atoms with Crippen molar-refractivity contribution in [3.8, 4) is 5.75 Å². The molecule has 0 saturated heterocycles. The molecule has 1 aliphatic carbocycles. The van der Waals surface area contributed by atoms with Crippen LogP contribution in [-0.2, 0) is 9.53 Å². The number of carbonyl (C=O) groups excluding carboxylic acids is 2. The van der Waals surface area contributed by atoms with Crippen LogP contribution in [0.5, 0.6) is 5.75 Å². The van der Waals surface area contributed by atoms with Crippen molar-refractivity contribution in [2.75, 3.05) is 13.7 Å². The third kappa shape index (κ3) is 4.21. The lowest BCUT2D eigenvalue weighted by molar-refractivity contribution is -0.149. The van der Waals surface area contributed by atoms with Crippen LogP contribution >= 0.6 is 11.3 Å². The van der Waals surface area contributed by atoms with E-state index in [0.29, 0.717) is 6.42 Å². The molecule has 2 aromatic carbocycles. The van der Waals surface area contributed by atoms with E-state index in [9.17, 15) is 14.0 Å². The number of ether oxygens (including phenoxy) is 2. The van der Waals surface area contributed by atoms with E-state index in [4.69, 9.17) is 14.5 Å². The zero-order valence-corrected chi connectivity index (χ0v) is 17.4. The average molecular weight is 427 g/mol. The number of hydrogen-bond acceptors (Lipinski definition) is 6. The van der Waals surface area contributed by atoms with Crippen LogP contribution in [0.2, 0.25) is 0 Å². The first-order valence-corrected chi connectivity index (χ1v) is 10.8. The lowest BCUT2D eigenvalue weighted by Crippen LogP contribution is -2.29. The molecule has 5 nitrogen and oxygen atoms in total. The summed E-state index contributed by atoms with van der Waals surface area (Å²) in [7, 11) is 1.40. The predicted molar refractivity (Wildman–Crippen MR) is 113 cm³/mol. The van der Waals surface area contributed by atoms with Crippen LogP contribution in [0, 0.1) is 11.7 Å². The van der Waals surface area contributed by atoms with Crippen LogP contribution in [-0.4, -0.2) is 30.5 Å². The molecule has 3 aromatic rings. The lowest BCUT2D eigenvalue weighted by atomic mass is 9.79. The number of carbonyl (C=O) groups is 2. The molecule has 1 fully saturated rings. The van der Waals surface area contributed by atoms with Crippen molar-refractivity contribution in [2.24, 2.45) is 5.92 Å². The van der Waals surface area contributed by atoms with Crippen LogP contribution in [0.1, 0.15) is 47.0 Å². The van der Waals surface area contributed by atoms with Crippen LogP contribution in [0.15, 0.2) is 42.5 Å². The monoisotopic (exact) mass is 427 g/mol. The highest BCUT2D eigenvalue weighted by Gasteiger charge is 2.35. The van der Waals surface area contributed by atoms with Gasteiger partial charge in [-0.15, -0.1) is 11.3 Å². The van der Waals surface area contributed by atoms with Gasteiger partial charge < -0.3 is 9.47 Å². The molecule has 1 aromatic heterocycles. The Hall–Kier alpha value is -2.80. The van der Waals surface area contributed by atoms with Crippen LogP contribution in [0.3, 0.4) is 0 Å². The SMILES string of the molecule is COc1ccc(F)cc1C(=O)COC(=O)C1CCCCC1c1nc2ccccc2s1. The molecule has 1 saturated carbocycles. The van der Waals surface area contributed by atoms with Gasteiger partial charge in [0.15, 0.2) is 6.61 Å². The summed E-state index contributed by atoms with van der Waals surface area (Å²) in [4.78, 5) is 30.1. The Balaban J connectivity index is 1.47. The van der Waals surface area contributed by atoms with E-state index in [1.165, 1.54) is 19.2 Å². The maximum absolute atomic E-state index is 13.5. The Morgan fingerprint density at radius 3 is 2.77 bits per heavy atom. The van der Waals surface area contributed by atoms with E-state index in [0.717, 1.165) is 40.6 Å². The number of benzene rings is 2. The molecule has 0 aliphatic heterocycles. The number of nitrogens with zero attached hydrogens (tertiary/aromatic N) is 1. The summed E-state index contributed by atoms with van der Waals surface area (Å²) in [6.07, 6.45) is 3.54. The Morgan fingerprint density at radius 1 is 1.17 bits per heavy atom. The Labute approximate surface area is 177 Å². The summed E-state index contributed by atoms with van der Waals surface area (Å²) < 4.78 is 25.1. The van der Waals surface area contributed by atoms with E-state index >= 15 is 0 Å². The number of fused-ring (bicyclic) bond motifs is 1. The molecule has 30 heavy (non-hydrogen) atoms. The fourth-order valence-corrected chi connectivity index (χ4v) is 5.14. The number of hydrogen-bond donors (Lipinski definition) is 0. The fourth-order valence-electron chi connectivity index (χ4n) is 3.98. The second-order valence-corrected chi connectivity index (χ2v) is 8.45. The molecular formula is C23H22FNO4S. The zero-order chi connectivity index (χ0) is 21.1. The summed E-state index contributed by atoms with van der Waals surface area (Å²) in [6.45, 7) is -0.443. The molecule has 7 heteroatoms. The number of rotatable bonds is 6. The van der Waals surface area contributed by atoms with Crippen molar-refractivity contribution >= 4 is 33.3 Å². The molecule has 0 spiro atoms. The third-order valence-corrected chi connectivity index (χ3v) is 6.67. The number of aromatic nitrogens is 1. The highest BCUT2D eigenvalue weighted by atomic mass is 32.1. The van der Waals surface area contributed by atoms with E-state index in [1.807, 2.05) is 24.3 Å². The molecule has 1 heterocycles. The highest BCUT2D eigenvalue weighted by Crippen LogP contribution is 2.41. The maximum atomic E-state index is 13.5. The van der Waals surface area contributed by atoms with E-state index < -0.39 is 24.2 Å². The normalized spacial score (nSPS) is 18.9. The topological polar surface area (TPSA) is 65.5 Å². The van der Waals surface area contributed by atoms with Gasteiger partial charge >= 0.3 is 5.97 Å². The first kappa shape index (κ1) is 20.5. The van der Waals surface area contributed by atoms with Crippen LogP contribution < -0.4 is 4.74 Å². The van der Waals surface area contributed by atoms with Gasteiger partial charge in [-0.2, -0.15) is 0 Å². The Bertz CT molecular complexity index is 1050. The van der Waals surface area contributed by atoms with Crippen LogP contribution in [0.25, 0.3) is 10.2 Å². The van der Waals surface area contributed by atoms with Crippen molar-refractivity contribution in [3.05, 3.63) is 58.9 Å². The standard InChI is InChI=1S/C23H22FNO4S/c1-28-20-11-10-14(24)12-17(20)19(26)13-29-23(27)16-7-3-2-6-15(16)22-25-18-8-4-5-9-21(18)30-22/h4-5,8-12,15-16H,2-3,6-7,13H2,1H3. The molecule has 4 rings (SSSR count). The van der Waals surface area contributed by atoms with Crippen molar-refractivity contribution < 1.29 is 23.5 Å². The lowest BCUT2D eigenvalue weighted by Gasteiger charge is -2.28. The molecule has 0 radical (unpaired) electrons. The maximum Gasteiger partial charge on any atom is 0.310 e. The molecule has 2 atom stereocenters. The summed E-state index contributed by atoms with van der Waals surface area (Å²) in [5, 5.41) is 0.941. The molecule has 156 valence electrons. The van der Waals surface area contributed by atoms with Crippen molar-refractivity contribution in [3.63, 3.8) is 0 Å². The number of para-hydroxylation sites is 1. The minimum Gasteiger partial charge on any atom is -0.496 e. The van der Waals surface area contributed by atoms with Gasteiger partial charge in [-0.25, -0.2) is 9.37 Å². The first-order chi connectivity index (χ1) is 14.6. The van der Waals surface area contributed by atoms with E-state index in [1.54, 1.807) is 11.3 Å². The van der Waals surface area contributed by atoms with Gasteiger partial charge in [-0.3, -0.25) is 9.59 Å². The largest absolute Gasteiger partial charge is 0.496 e. The summed E-state index contributed by atoms with van der Waals surface area (Å²) in [5.74, 6) is -1.53. The molecule has 1 aliphatic rings. The second kappa shape index (κ2) is 8.92. The van der Waals surface area contributed by atoms with Gasteiger partial charge in [-0.1, -0.05) is 25.0 Å². The second-order valence-electron chi connectivity index (χ2n) is 7.39. The van der Waals surface area contributed by atoms with Gasteiger partial charge in [0.1, 0.15) is 11.6 Å². The Morgan fingerprint density at radius 2 is 1.97 bits per heavy atom. The Kier molecular flexibility index (Phi) is 6.08. The van der Waals surface area contributed by atoms with Crippen molar-refractivity contribution in [1.82, 2.24) is 4.98 Å². The van der Waals surface area contributed by atoms with Gasteiger partial charge in [-0.05, 0) is 43.2 Å². The number of ketones is 1. The van der Waals surface area contributed by atoms with Gasteiger partial charge in [0.05, 0.1) is 33.8 Å². The molecule has 0 N–H and O–H groups in total. The molecule has 0 amide bonds. The molecule has 2 unspecified atom stereocenters. The van der Waals surface area contributed by atoms with Gasteiger partial charge in [0, 0.05) is 5.92 Å². The zero-order valence-electron chi connectivity index (χ0n) is 16.6. The van der Waals surface area contributed by atoms with E-state index in [2.05, 4.69) is 0 Å². The number of halogens is 1. The quantitative estimate of drug-likeness (QED) is 0.402. The highest BCUT2D eigenvalue weighted by molar-refractivity contribution is 7.18. The predicted octanol–water partition coefficient (Wildman–Crippen LogP) is 5.14. The number of Topliss-reactive ketones (excluding diaryl/α,β-unsaturated/α-hetero) is 1. The van der Waals surface area contributed by atoms with Crippen molar-refractivity contribution in [2.45, 2.75) is 31.6 Å².